The summed E-state index contributed by atoms with van der Waals surface area (Å²) < 4.78 is 25.1. The molecule has 3 heterocycles. The number of fused-ring (bicyclic) bond motifs is 1. The number of pyridine rings is 1. The first-order chi connectivity index (χ1) is 9.19. The van der Waals surface area contributed by atoms with Crippen molar-refractivity contribution in [2.24, 2.45) is 0 Å². The third kappa shape index (κ3) is 1.98. The highest BCUT2D eigenvalue weighted by atomic mass is 32.1. The Morgan fingerprint density at radius 2 is 2.16 bits per heavy atom. The summed E-state index contributed by atoms with van der Waals surface area (Å²) in [6.07, 6.45) is 0.731. The fraction of sp³-hybridized carbons (Fsp3) is 0.0769. The highest BCUT2D eigenvalue weighted by Crippen LogP contribution is 2.32. The third-order valence-corrected chi connectivity index (χ3v) is 3.76. The standard InChI is InChI=1S/C13H7F2N3S/c14-12(15)11-2-8(6-19-11)7-1-10-9(3-16)5-18-13(10)17-4-7/h1-2,4-6,12H,(H,17,18). The van der Waals surface area contributed by atoms with Crippen molar-refractivity contribution in [3.05, 3.63) is 40.3 Å². The second-order valence-electron chi connectivity index (χ2n) is 3.97. The van der Waals surface area contributed by atoms with Crippen LogP contribution >= 0.6 is 11.3 Å². The number of H-pyrrole nitrogens is 1. The molecule has 3 aromatic heterocycles. The first-order valence-corrected chi connectivity index (χ1v) is 6.31. The first-order valence-electron chi connectivity index (χ1n) is 5.43. The minimum Gasteiger partial charge on any atom is -0.345 e. The van der Waals surface area contributed by atoms with Crippen LogP contribution in [0.5, 0.6) is 0 Å². The maximum atomic E-state index is 12.6. The van der Waals surface area contributed by atoms with Crippen molar-refractivity contribution in [1.29, 1.82) is 5.26 Å². The van der Waals surface area contributed by atoms with Crippen LogP contribution in [0.2, 0.25) is 0 Å². The van der Waals surface area contributed by atoms with Crippen molar-refractivity contribution in [1.82, 2.24) is 9.97 Å². The second-order valence-corrected chi connectivity index (χ2v) is 4.92. The summed E-state index contributed by atoms with van der Waals surface area (Å²) in [4.78, 5) is 7.11. The van der Waals surface area contributed by atoms with Gasteiger partial charge in [-0.1, -0.05) is 0 Å². The van der Waals surface area contributed by atoms with E-state index in [9.17, 15) is 8.78 Å². The second kappa shape index (κ2) is 4.44. The van der Waals surface area contributed by atoms with Crippen LogP contribution in [0.1, 0.15) is 16.9 Å². The summed E-state index contributed by atoms with van der Waals surface area (Å²) in [5.41, 5.74) is 2.53. The van der Waals surface area contributed by atoms with Crippen LogP contribution in [0.15, 0.2) is 29.9 Å². The Morgan fingerprint density at radius 3 is 2.84 bits per heavy atom. The van der Waals surface area contributed by atoms with Gasteiger partial charge in [-0.15, -0.1) is 11.3 Å². The molecule has 0 saturated carbocycles. The predicted octanol–water partition coefficient (Wildman–Crippen LogP) is 4.10. The van der Waals surface area contributed by atoms with E-state index in [1.165, 1.54) is 6.07 Å². The van der Waals surface area contributed by atoms with Gasteiger partial charge in [0, 0.05) is 23.3 Å². The van der Waals surface area contributed by atoms with Gasteiger partial charge in [-0.25, -0.2) is 13.8 Å². The monoisotopic (exact) mass is 275 g/mol. The van der Waals surface area contributed by atoms with E-state index < -0.39 is 6.43 Å². The number of hydrogen-bond acceptors (Lipinski definition) is 3. The topological polar surface area (TPSA) is 52.5 Å². The van der Waals surface area contributed by atoms with Gasteiger partial charge in [-0.3, -0.25) is 0 Å². The number of nitrogens with one attached hydrogen (secondary N) is 1. The molecule has 3 rings (SSSR count). The lowest BCUT2D eigenvalue weighted by atomic mass is 10.1. The van der Waals surface area contributed by atoms with Gasteiger partial charge in [0.2, 0.25) is 0 Å². The number of nitrogens with zero attached hydrogens (tertiary/aromatic N) is 2. The number of rotatable bonds is 2. The van der Waals surface area contributed by atoms with Crippen LogP contribution < -0.4 is 0 Å². The molecular weight excluding hydrogens is 268 g/mol. The molecule has 0 unspecified atom stereocenters. The lowest BCUT2D eigenvalue weighted by Crippen LogP contribution is -1.81. The number of nitriles is 1. The third-order valence-electron chi connectivity index (χ3n) is 2.82. The van der Waals surface area contributed by atoms with Gasteiger partial charge in [-0.05, 0) is 23.1 Å². The highest BCUT2D eigenvalue weighted by molar-refractivity contribution is 7.10. The van der Waals surface area contributed by atoms with E-state index in [-0.39, 0.29) is 4.88 Å². The van der Waals surface area contributed by atoms with Crippen LogP contribution in [0.3, 0.4) is 0 Å². The van der Waals surface area contributed by atoms with E-state index in [0.29, 0.717) is 22.2 Å². The largest absolute Gasteiger partial charge is 0.345 e. The molecule has 0 aliphatic carbocycles. The van der Waals surface area contributed by atoms with Crippen molar-refractivity contribution < 1.29 is 8.78 Å². The molecule has 0 atom stereocenters. The normalized spacial score (nSPS) is 11.1. The zero-order valence-corrected chi connectivity index (χ0v) is 10.3. The molecule has 0 radical (unpaired) electrons. The van der Waals surface area contributed by atoms with Gasteiger partial charge in [0.25, 0.3) is 6.43 Å². The van der Waals surface area contributed by atoms with E-state index >= 15 is 0 Å². The molecule has 0 spiro atoms. The number of halogens is 2. The van der Waals surface area contributed by atoms with E-state index in [0.717, 1.165) is 16.9 Å². The smallest absolute Gasteiger partial charge is 0.272 e. The number of alkyl halides is 2. The van der Waals surface area contributed by atoms with Crippen LogP contribution in [-0.2, 0) is 0 Å². The SMILES string of the molecule is N#Cc1c[nH]c2ncc(-c3csc(C(F)F)c3)cc12. The summed E-state index contributed by atoms with van der Waals surface area (Å²) in [6, 6.07) is 5.31. The molecule has 19 heavy (non-hydrogen) atoms. The fourth-order valence-electron chi connectivity index (χ4n) is 1.87. The molecule has 0 saturated heterocycles. The van der Waals surface area contributed by atoms with Gasteiger partial charge in [0.05, 0.1) is 10.4 Å². The molecule has 0 aliphatic rings. The minimum atomic E-state index is -2.46. The Hall–Kier alpha value is -2.26. The van der Waals surface area contributed by atoms with Crippen LogP contribution in [0, 0.1) is 11.3 Å². The van der Waals surface area contributed by atoms with Gasteiger partial charge in [-0.2, -0.15) is 5.26 Å². The van der Waals surface area contributed by atoms with E-state index in [1.807, 2.05) is 0 Å². The maximum Gasteiger partial charge on any atom is 0.272 e. The molecule has 0 amide bonds. The van der Waals surface area contributed by atoms with Crippen molar-refractivity contribution in [2.75, 3.05) is 0 Å². The van der Waals surface area contributed by atoms with E-state index in [1.54, 1.807) is 23.8 Å². The molecule has 1 N–H and O–H groups in total. The van der Waals surface area contributed by atoms with Crippen molar-refractivity contribution in [3.8, 4) is 17.2 Å². The van der Waals surface area contributed by atoms with Crippen molar-refractivity contribution >= 4 is 22.4 Å². The van der Waals surface area contributed by atoms with Gasteiger partial charge < -0.3 is 4.98 Å². The summed E-state index contributed by atoms with van der Waals surface area (Å²) >= 11 is 1.02. The minimum absolute atomic E-state index is 0.0321. The molecule has 0 fully saturated rings. The van der Waals surface area contributed by atoms with Crippen molar-refractivity contribution in [3.63, 3.8) is 0 Å². The quantitative estimate of drug-likeness (QED) is 0.765. The highest BCUT2D eigenvalue weighted by Gasteiger charge is 2.12. The summed E-state index contributed by atoms with van der Waals surface area (Å²) in [5, 5.41) is 11.3. The summed E-state index contributed by atoms with van der Waals surface area (Å²) in [5.74, 6) is 0. The Morgan fingerprint density at radius 1 is 1.32 bits per heavy atom. The van der Waals surface area contributed by atoms with Crippen LogP contribution in [-0.4, -0.2) is 9.97 Å². The molecule has 0 aliphatic heterocycles. The first kappa shape index (κ1) is 11.8. The van der Waals surface area contributed by atoms with Crippen LogP contribution in [0.4, 0.5) is 8.78 Å². The Labute approximate surface area is 111 Å². The van der Waals surface area contributed by atoms with Gasteiger partial charge in [0.1, 0.15) is 11.7 Å². The van der Waals surface area contributed by atoms with Gasteiger partial charge in [0.15, 0.2) is 0 Å². The molecule has 6 heteroatoms. The van der Waals surface area contributed by atoms with Crippen LogP contribution in [0.25, 0.3) is 22.2 Å². The molecule has 0 aromatic carbocycles. The summed E-state index contributed by atoms with van der Waals surface area (Å²) in [6.45, 7) is 0. The molecule has 0 bridgehead atoms. The predicted molar refractivity (Wildman–Crippen MR) is 69.1 cm³/mol. The Bertz CT molecular complexity index is 783. The number of thiophene rings is 1. The number of hydrogen-bond donors (Lipinski definition) is 1. The molecule has 94 valence electrons. The molecule has 3 aromatic rings. The zero-order chi connectivity index (χ0) is 13.4. The average Bonchev–Trinajstić information content (AvgIpc) is 3.04. The Balaban J connectivity index is 2.11. The lowest BCUT2D eigenvalue weighted by molar-refractivity contribution is 0.155. The average molecular weight is 275 g/mol. The van der Waals surface area contributed by atoms with E-state index in [4.69, 9.17) is 5.26 Å². The Kier molecular flexibility index (Phi) is 2.76. The number of aromatic nitrogens is 2. The van der Waals surface area contributed by atoms with E-state index in [2.05, 4.69) is 16.0 Å². The zero-order valence-electron chi connectivity index (χ0n) is 9.52. The number of aromatic amines is 1. The fourth-order valence-corrected chi connectivity index (χ4v) is 2.64. The molecular formula is C13H7F2N3S. The summed E-state index contributed by atoms with van der Waals surface area (Å²) in [7, 11) is 0. The maximum absolute atomic E-state index is 12.6. The molecule has 3 nitrogen and oxygen atoms in total. The lowest BCUT2D eigenvalue weighted by Gasteiger charge is -1.98. The van der Waals surface area contributed by atoms with Crippen molar-refractivity contribution in [2.45, 2.75) is 6.43 Å². The van der Waals surface area contributed by atoms with Gasteiger partial charge >= 0.3 is 0 Å².